The lowest BCUT2D eigenvalue weighted by atomic mass is 10.2. The molecule has 8 heteroatoms. The van der Waals surface area contributed by atoms with Crippen LogP contribution in [0.25, 0.3) is 11.2 Å². The van der Waals surface area contributed by atoms with E-state index >= 15 is 0 Å². The van der Waals surface area contributed by atoms with Crippen LogP contribution in [0.5, 0.6) is 0 Å². The van der Waals surface area contributed by atoms with Crippen LogP contribution >= 0.6 is 11.6 Å². The van der Waals surface area contributed by atoms with Crippen LogP contribution in [0.2, 0.25) is 0 Å². The SMILES string of the molecule is Cc1nn(C)c2c1nc(CCCl)n2CCCCC(F)(F)F. The molecule has 2 rings (SSSR count). The van der Waals surface area contributed by atoms with Crippen LogP contribution < -0.4 is 0 Å². The highest BCUT2D eigenvalue weighted by Crippen LogP contribution is 2.24. The van der Waals surface area contributed by atoms with Crippen molar-refractivity contribution in [3.8, 4) is 0 Å². The fourth-order valence-corrected chi connectivity index (χ4v) is 2.65. The zero-order valence-electron chi connectivity index (χ0n) is 12.0. The largest absolute Gasteiger partial charge is 0.389 e. The number of fused-ring (bicyclic) bond motifs is 1. The van der Waals surface area contributed by atoms with Gasteiger partial charge in [0.1, 0.15) is 11.3 Å². The number of rotatable bonds is 6. The van der Waals surface area contributed by atoms with Gasteiger partial charge in [-0.05, 0) is 19.8 Å². The number of nitrogens with zero attached hydrogens (tertiary/aromatic N) is 4. The lowest BCUT2D eigenvalue weighted by molar-refractivity contribution is -0.135. The summed E-state index contributed by atoms with van der Waals surface area (Å²) in [7, 11) is 1.81. The highest BCUT2D eigenvalue weighted by atomic mass is 35.5. The third kappa shape index (κ3) is 3.70. The van der Waals surface area contributed by atoms with Gasteiger partial charge in [0.15, 0.2) is 5.65 Å². The van der Waals surface area contributed by atoms with Crippen molar-refractivity contribution in [3.05, 3.63) is 11.5 Å². The summed E-state index contributed by atoms with van der Waals surface area (Å²) in [6, 6.07) is 0. The first-order valence-electron chi connectivity index (χ1n) is 6.85. The van der Waals surface area contributed by atoms with Crippen LogP contribution in [0.3, 0.4) is 0 Å². The molecule has 0 aliphatic carbocycles. The van der Waals surface area contributed by atoms with Gasteiger partial charge in [-0.15, -0.1) is 11.6 Å². The number of unbranched alkanes of at least 4 members (excludes halogenated alkanes) is 1. The van der Waals surface area contributed by atoms with Crippen molar-refractivity contribution < 1.29 is 13.2 Å². The molecule has 0 saturated carbocycles. The van der Waals surface area contributed by atoms with Gasteiger partial charge < -0.3 is 4.57 Å². The van der Waals surface area contributed by atoms with E-state index in [0.717, 1.165) is 22.7 Å². The first kappa shape index (κ1) is 16.1. The van der Waals surface area contributed by atoms with Gasteiger partial charge in [-0.25, -0.2) is 4.98 Å². The Kier molecular flexibility index (Phi) is 4.81. The van der Waals surface area contributed by atoms with Crippen molar-refractivity contribution in [2.24, 2.45) is 7.05 Å². The maximum atomic E-state index is 12.2. The molecule has 0 bridgehead atoms. The number of aryl methyl sites for hydroxylation is 4. The molecular weight excluding hydrogens is 305 g/mol. The molecule has 0 aliphatic heterocycles. The maximum Gasteiger partial charge on any atom is 0.389 e. The minimum atomic E-state index is -4.09. The van der Waals surface area contributed by atoms with E-state index in [1.54, 1.807) is 4.68 Å². The number of hydrogen-bond donors (Lipinski definition) is 0. The van der Waals surface area contributed by atoms with Gasteiger partial charge >= 0.3 is 6.18 Å². The molecule has 0 N–H and O–H groups in total. The van der Waals surface area contributed by atoms with E-state index in [1.165, 1.54) is 0 Å². The average Bonchev–Trinajstić information content (AvgIpc) is 2.85. The van der Waals surface area contributed by atoms with E-state index in [9.17, 15) is 13.2 Å². The van der Waals surface area contributed by atoms with E-state index in [-0.39, 0.29) is 6.42 Å². The molecule has 118 valence electrons. The van der Waals surface area contributed by atoms with Crippen LogP contribution in [0.15, 0.2) is 0 Å². The highest BCUT2D eigenvalue weighted by Gasteiger charge is 2.26. The smallest absolute Gasteiger partial charge is 0.313 e. The zero-order chi connectivity index (χ0) is 15.6. The Bertz CT molecular complexity index is 615. The van der Waals surface area contributed by atoms with Gasteiger partial charge in [-0.3, -0.25) is 4.68 Å². The van der Waals surface area contributed by atoms with Crippen LogP contribution in [0.4, 0.5) is 13.2 Å². The van der Waals surface area contributed by atoms with Gasteiger partial charge in [0.2, 0.25) is 0 Å². The van der Waals surface area contributed by atoms with Crippen molar-refractivity contribution in [2.45, 2.75) is 45.3 Å². The Hall–Kier alpha value is -1.24. The minimum Gasteiger partial charge on any atom is -0.313 e. The Morgan fingerprint density at radius 1 is 1.24 bits per heavy atom. The fraction of sp³-hybridized carbons (Fsp3) is 0.692. The summed E-state index contributed by atoms with van der Waals surface area (Å²) in [5, 5.41) is 4.30. The molecule has 0 amide bonds. The molecule has 21 heavy (non-hydrogen) atoms. The quantitative estimate of drug-likeness (QED) is 0.602. The molecule has 0 spiro atoms. The van der Waals surface area contributed by atoms with Crippen LogP contribution in [-0.2, 0) is 20.0 Å². The molecule has 0 aliphatic rings. The van der Waals surface area contributed by atoms with Crippen LogP contribution in [0, 0.1) is 6.92 Å². The van der Waals surface area contributed by atoms with Crippen LogP contribution in [-0.4, -0.2) is 31.4 Å². The highest BCUT2D eigenvalue weighted by molar-refractivity contribution is 6.17. The van der Waals surface area contributed by atoms with Crippen molar-refractivity contribution in [3.63, 3.8) is 0 Å². The second-order valence-corrected chi connectivity index (χ2v) is 5.45. The summed E-state index contributed by atoms with van der Waals surface area (Å²) >= 11 is 5.78. The lowest BCUT2D eigenvalue weighted by Crippen LogP contribution is -2.10. The van der Waals surface area contributed by atoms with E-state index in [0.29, 0.717) is 25.3 Å². The predicted octanol–water partition coefficient (Wildman–Crippen LogP) is 3.59. The molecule has 0 atom stereocenters. The molecule has 2 aromatic rings. The van der Waals surface area contributed by atoms with Crippen molar-refractivity contribution in [1.82, 2.24) is 19.3 Å². The van der Waals surface area contributed by atoms with Crippen molar-refractivity contribution in [1.29, 1.82) is 0 Å². The van der Waals surface area contributed by atoms with Gasteiger partial charge in [-0.2, -0.15) is 18.3 Å². The summed E-state index contributed by atoms with van der Waals surface area (Å²) in [6.07, 6.45) is -3.69. The normalized spacial score (nSPS) is 12.5. The summed E-state index contributed by atoms with van der Waals surface area (Å²) in [6.45, 7) is 2.37. The Balaban J connectivity index is 2.18. The molecule has 0 radical (unpaired) electrons. The molecule has 2 aromatic heterocycles. The van der Waals surface area contributed by atoms with Crippen molar-refractivity contribution >= 4 is 22.8 Å². The Labute approximate surface area is 125 Å². The van der Waals surface area contributed by atoms with Gasteiger partial charge in [-0.1, -0.05) is 0 Å². The minimum absolute atomic E-state index is 0.111. The van der Waals surface area contributed by atoms with E-state index in [4.69, 9.17) is 11.6 Å². The second-order valence-electron chi connectivity index (χ2n) is 5.07. The van der Waals surface area contributed by atoms with Gasteiger partial charge in [0.05, 0.1) is 5.69 Å². The number of alkyl halides is 4. The third-order valence-electron chi connectivity index (χ3n) is 3.38. The number of aromatic nitrogens is 4. The van der Waals surface area contributed by atoms with E-state index < -0.39 is 12.6 Å². The monoisotopic (exact) mass is 322 g/mol. The Morgan fingerprint density at radius 3 is 2.57 bits per heavy atom. The molecule has 2 heterocycles. The molecule has 0 fully saturated rings. The molecular formula is C13H18ClF3N4. The van der Waals surface area contributed by atoms with E-state index in [1.807, 2.05) is 18.5 Å². The topological polar surface area (TPSA) is 35.6 Å². The lowest BCUT2D eigenvalue weighted by Gasteiger charge is -2.10. The molecule has 4 nitrogen and oxygen atoms in total. The third-order valence-corrected chi connectivity index (χ3v) is 3.57. The summed E-state index contributed by atoms with van der Waals surface area (Å²) in [4.78, 5) is 4.52. The predicted molar refractivity (Wildman–Crippen MR) is 75.6 cm³/mol. The maximum absolute atomic E-state index is 12.2. The number of halogens is 4. The standard InChI is InChI=1S/C13H18ClF3N4/c1-9-11-12(20(2)19-9)21(10(18-11)5-7-14)8-4-3-6-13(15,16)17/h3-8H2,1-2H3. The summed E-state index contributed by atoms with van der Waals surface area (Å²) in [5.74, 6) is 1.24. The first-order valence-corrected chi connectivity index (χ1v) is 7.38. The zero-order valence-corrected chi connectivity index (χ0v) is 12.8. The Morgan fingerprint density at radius 2 is 1.95 bits per heavy atom. The van der Waals surface area contributed by atoms with E-state index in [2.05, 4.69) is 10.1 Å². The van der Waals surface area contributed by atoms with Gasteiger partial charge in [0.25, 0.3) is 0 Å². The number of hydrogen-bond acceptors (Lipinski definition) is 2. The van der Waals surface area contributed by atoms with Crippen LogP contribution in [0.1, 0.15) is 30.8 Å². The first-order chi connectivity index (χ1) is 9.83. The number of imidazole rings is 1. The van der Waals surface area contributed by atoms with Crippen molar-refractivity contribution in [2.75, 3.05) is 5.88 Å². The molecule has 0 aromatic carbocycles. The summed E-state index contributed by atoms with van der Waals surface area (Å²) in [5.41, 5.74) is 2.46. The summed E-state index contributed by atoms with van der Waals surface area (Å²) < 4.78 is 40.2. The fourth-order valence-electron chi connectivity index (χ4n) is 2.49. The molecule has 0 saturated heterocycles. The molecule has 0 unspecified atom stereocenters. The van der Waals surface area contributed by atoms with Gasteiger partial charge in [0, 0.05) is 32.3 Å². The second kappa shape index (κ2) is 6.25. The average molecular weight is 323 g/mol.